The van der Waals surface area contributed by atoms with Crippen molar-refractivity contribution in [3.63, 3.8) is 0 Å². The lowest BCUT2D eigenvalue weighted by atomic mass is 9.95. The maximum Gasteiger partial charge on any atom is 0.389 e. The average Bonchev–Trinajstić information content (AvgIpc) is 2.25. The zero-order valence-electron chi connectivity index (χ0n) is 10.8. The number of nitrogens with one attached hydrogen (secondary N) is 1. The summed E-state index contributed by atoms with van der Waals surface area (Å²) in [7, 11) is 1.63. The van der Waals surface area contributed by atoms with Gasteiger partial charge in [0.25, 0.3) is 0 Å². The van der Waals surface area contributed by atoms with Gasteiger partial charge in [-0.3, -0.25) is 4.79 Å². The van der Waals surface area contributed by atoms with Crippen LogP contribution in [0.25, 0.3) is 0 Å². The van der Waals surface area contributed by atoms with E-state index in [-0.39, 0.29) is 13.0 Å². The van der Waals surface area contributed by atoms with Gasteiger partial charge in [0.2, 0.25) is 5.91 Å². The third kappa shape index (κ3) is 7.50. The van der Waals surface area contributed by atoms with E-state index in [1.165, 1.54) is 0 Å². The molecule has 1 unspecified atom stereocenters. The predicted octanol–water partition coefficient (Wildman–Crippen LogP) is 1.59. The molecule has 0 aliphatic heterocycles. The Hall–Kier alpha value is -0.820. The van der Waals surface area contributed by atoms with Gasteiger partial charge in [0.15, 0.2) is 0 Å². The minimum atomic E-state index is -4.12. The lowest BCUT2D eigenvalue weighted by Crippen LogP contribution is -2.51. The van der Waals surface area contributed by atoms with Crippen LogP contribution in [0, 0.1) is 0 Å². The molecule has 1 amide bonds. The van der Waals surface area contributed by atoms with Gasteiger partial charge in [0.05, 0.1) is 5.54 Å². The fraction of sp³-hybridized carbons (Fsp3) is 0.909. The summed E-state index contributed by atoms with van der Waals surface area (Å²) in [4.78, 5) is 11.1. The van der Waals surface area contributed by atoms with Crippen molar-refractivity contribution in [1.82, 2.24) is 5.32 Å². The molecule has 0 radical (unpaired) electrons. The van der Waals surface area contributed by atoms with Gasteiger partial charge >= 0.3 is 6.18 Å². The quantitative estimate of drug-likeness (QED) is 0.625. The van der Waals surface area contributed by atoms with E-state index >= 15 is 0 Å². The number of primary amides is 1. The zero-order chi connectivity index (χ0) is 14.2. The monoisotopic (exact) mass is 270 g/mol. The number of nitrogens with two attached hydrogens (primary N) is 1. The van der Waals surface area contributed by atoms with Gasteiger partial charge < -0.3 is 15.8 Å². The Morgan fingerprint density at radius 3 is 2.11 bits per heavy atom. The molecule has 0 saturated heterocycles. The highest BCUT2D eigenvalue weighted by atomic mass is 19.4. The van der Waals surface area contributed by atoms with E-state index in [1.54, 1.807) is 14.0 Å². The van der Waals surface area contributed by atoms with Crippen molar-refractivity contribution in [1.29, 1.82) is 0 Å². The Balaban J connectivity index is 3.60. The first-order chi connectivity index (χ1) is 8.21. The first-order valence-corrected chi connectivity index (χ1v) is 5.84. The number of carbonyl (C=O) groups is 1. The molecule has 0 saturated carbocycles. The number of ether oxygens (including phenoxy) is 1. The molecule has 0 aromatic rings. The lowest BCUT2D eigenvalue weighted by molar-refractivity contribution is -0.138. The summed E-state index contributed by atoms with van der Waals surface area (Å²) in [5.74, 6) is -0.456. The number of carbonyl (C=O) groups excluding carboxylic acids is 1. The Bertz CT molecular complexity index is 259. The van der Waals surface area contributed by atoms with Gasteiger partial charge in [-0.1, -0.05) is 0 Å². The molecule has 4 nitrogen and oxygen atoms in total. The molecule has 0 rings (SSSR count). The number of alkyl halides is 3. The summed E-state index contributed by atoms with van der Waals surface area (Å²) in [6.45, 7) is 2.08. The van der Waals surface area contributed by atoms with Crippen LogP contribution in [0.4, 0.5) is 13.2 Å². The number of likely N-dealkylation sites (N-methyl/N-ethyl adjacent to an activating group) is 1. The topological polar surface area (TPSA) is 64.3 Å². The standard InChI is InChI=1S/C11H21F3N2O2/c1-10(16-2,9(15)17)5-3-7-18-8-4-6-11(12,13)14/h16H,3-8H2,1-2H3,(H2,15,17). The second-order valence-electron chi connectivity index (χ2n) is 4.38. The molecule has 7 heteroatoms. The van der Waals surface area contributed by atoms with Crippen molar-refractivity contribution >= 4 is 5.91 Å². The molecule has 0 heterocycles. The van der Waals surface area contributed by atoms with Crippen LogP contribution in [-0.4, -0.2) is 37.9 Å². The smallest absolute Gasteiger partial charge is 0.381 e. The first-order valence-electron chi connectivity index (χ1n) is 5.84. The first kappa shape index (κ1) is 17.2. The second-order valence-corrected chi connectivity index (χ2v) is 4.38. The Labute approximate surface area is 105 Å². The summed E-state index contributed by atoms with van der Waals surface area (Å²) >= 11 is 0. The summed E-state index contributed by atoms with van der Waals surface area (Å²) < 4.78 is 40.5. The highest BCUT2D eigenvalue weighted by Gasteiger charge is 2.28. The van der Waals surface area contributed by atoms with E-state index in [2.05, 4.69) is 5.32 Å². The Kier molecular flexibility index (Phi) is 7.23. The molecular formula is C11H21F3N2O2. The molecule has 108 valence electrons. The van der Waals surface area contributed by atoms with Crippen LogP contribution < -0.4 is 11.1 Å². The summed E-state index contributed by atoms with van der Waals surface area (Å²) in [5, 5.41) is 2.82. The Morgan fingerprint density at radius 2 is 1.72 bits per heavy atom. The van der Waals surface area contributed by atoms with E-state index in [9.17, 15) is 18.0 Å². The number of hydrogen-bond donors (Lipinski definition) is 2. The molecule has 0 bridgehead atoms. The van der Waals surface area contributed by atoms with Crippen molar-refractivity contribution in [2.75, 3.05) is 20.3 Å². The molecule has 0 fully saturated rings. The van der Waals surface area contributed by atoms with E-state index in [0.717, 1.165) is 0 Å². The predicted molar refractivity (Wildman–Crippen MR) is 62.0 cm³/mol. The second kappa shape index (κ2) is 7.58. The number of rotatable bonds is 9. The minimum Gasteiger partial charge on any atom is -0.381 e. The SMILES string of the molecule is CNC(C)(CCCOCCCC(F)(F)F)C(N)=O. The van der Waals surface area contributed by atoms with Crippen molar-refractivity contribution in [2.24, 2.45) is 5.73 Å². The molecule has 0 aliphatic rings. The third-order valence-corrected chi connectivity index (χ3v) is 2.81. The number of halogens is 3. The fourth-order valence-corrected chi connectivity index (χ4v) is 1.38. The van der Waals surface area contributed by atoms with E-state index < -0.39 is 24.0 Å². The van der Waals surface area contributed by atoms with Gasteiger partial charge in [0.1, 0.15) is 0 Å². The average molecular weight is 270 g/mol. The van der Waals surface area contributed by atoms with Crippen LogP contribution in [0.15, 0.2) is 0 Å². The molecule has 3 N–H and O–H groups in total. The van der Waals surface area contributed by atoms with Gasteiger partial charge in [-0.25, -0.2) is 0 Å². The Morgan fingerprint density at radius 1 is 1.22 bits per heavy atom. The zero-order valence-corrected chi connectivity index (χ0v) is 10.8. The molecule has 0 spiro atoms. The maximum atomic E-state index is 11.8. The summed E-state index contributed by atoms with van der Waals surface area (Å²) in [5.41, 5.74) is 4.43. The van der Waals surface area contributed by atoms with Crippen molar-refractivity contribution in [3.05, 3.63) is 0 Å². The van der Waals surface area contributed by atoms with E-state index in [0.29, 0.717) is 19.4 Å². The van der Waals surface area contributed by atoms with Gasteiger partial charge in [-0.15, -0.1) is 0 Å². The van der Waals surface area contributed by atoms with Crippen molar-refractivity contribution in [2.45, 2.75) is 44.3 Å². The molecule has 0 aliphatic carbocycles. The van der Waals surface area contributed by atoms with Crippen LogP contribution >= 0.6 is 0 Å². The molecular weight excluding hydrogens is 249 g/mol. The maximum absolute atomic E-state index is 11.8. The fourth-order valence-electron chi connectivity index (χ4n) is 1.38. The largest absolute Gasteiger partial charge is 0.389 e. The number of amides is 1. The third-order valence-electron chi connectivity index (χ3n) is 2.81. The van der Waals surface area contributed by atoms with Crippen LogP contribution in [0.5, 0.6) is 0 Å². The van der Waals surface area contributed by atoms with E-state index in [1.807, 2.05) is 0 Å². The molecule has 0 aromatic heterocycles. The van der Waals surface area contributed by atoms with Gasteiger partial charge in [0, 0.05) is 19.6 Å². The summed E-state index contributed by atoms with van der Waals surface area (Å²) in [6, 6.07) is 0. The van der Waals surface area contributed by atoms with Gasteiger partial charge in [-0.05, 0) is 33.2 Å². The van der Waals surface area contributed by atoms with Crippen molar-refractivity contribution < 1.29 is 22.7 Å². The highest BCUT2D eigenvalue weighted by molar-refractivity contribution is 5.84. The summed E-state index contributed by atoms with van der Waals surface area (Å²) in [6.07, 6.45) is -3.95. The highest BCUT2D eigenvalue weighted by Crippen LogP contribution is 2.21. The normalized spacial score (nSPS) is 15.4. The molecule has 18 heavy (non-hydrogen) atoms. The van der Waals surface area contributed by atoms with Crippen LogP contribution in [0.2, 0.25) is 0 Å². The van der Waals surface area contributed by atoms with Crippen LogP contribution in [0.1, 0.15) is 32.6 Å². The minimum absolute atomic E-state index is 0.0391. The lowest BCUT2D eigenvalue weighted by Gasteiger charge is -2.25. The molecule has 0 aromatic carbocycles. The molecule has 1 atom stereocenters. The van der Waals surface area contributed by atoms with Gasteiger partial charge in [-0.2, -0.15) is 13.2 Å². The number of hydrogen-bond acceptors (Lipinski definition) is 3. The van der Waals surface area contributed by atoms with E-state index in [4.69, 9.17) is 10.5 Å². The van der Waals surface area contributed by atoms with Crippen LogP contribution in [-0.2, 0) is 9.53 Å². The van der Waals surface area contributed by atoms with Crippen molar-refractivity contribution in [3.8, 4) is 0 Å². The van der Waals surface area contributed by atoms with Crippen LogP contribution in [0.3, 0.4) is 0 Å².